The van der Waals surface area contributed by atoms with Crippen molar-refractivity contribution in [2.75, 3.05) is 45.6 Å². The Morgan fingerprint density at radius 1 is 1.00 bits per heavy atom. The summed E-state index contributed by atoms with van der Waals surface area (Å²) in [7, 11) is 8.73. The molecule has 1 aromatic heterocycles. The molecule has 2 heterocycles. The molecule has 0 saturated heterocycles. The van der Waals surface area contributed by atoms with Crippen molar-refractivity contribution in [2.24, 2.45) is 0 Å². The highest BCUT2D eigenvalue weighted by Crippen LogP contribution is 2.45. The first-order chi connectivity index (χ1) is 16.9. The SMILES string of the molecule is COc1cc(C2C3=C(CCCC3=O)Nc3nc(-c4ccc(N(C)C)cc4)nn32)cc(OC)c1OC. The van der Waals surface area contributed by atoms with Crippen LogP contribution in [-0.2, 0) is 4.79 Å². The Hall–Kier alpha value is -4.01. The Morgan fingerprint density at radius 3 is 2.29 bits per heavy atom. The number of methoxy groups -OCH3 is 3. The summed E-state index contributed by atoms with van der Waals surface area (Å²) in [5.41, 5.74) is 4.40. The van der Waals surface area contributed by atoms with E-state index in [0.29, 0.717) is 41.0 Å². The van der Waals surface area contributed by atoms with Crippen LogP contribution >= 0.6 is 0 Å². The fourth-order valence-corrected chi connectivity index (χ4v) is 4.75. The molecule has 5 rings (SSSR count). The smallest absolute Gasteiger partial charge is 0.226 e. The molecule has 2 aliphatic rings. The molecule has 1 N–H and O–H groups in total. The molecule has 1 unspecified atom stereocenters. The first kappa shape index (κ1) is 22.8. The Kier molecular flexibility index (Phi) is 5.84. The molecule has 182 valence electrons. The van der Waals surface area contributed by atoms with Crippen molar-refractivity contribution < 1.29 is 19.0 Å². The molecule has 0 spiro atoms. The van der Waals surface area contributed by atoms with Gasteiger partial charge < -0.3 is 24.4 Å². The lowest BCUT2D eigenvalue weighted by molar-refractivity contribution is -0.116. The minimum atomic E-state index is -0.468. The zero-order chi connectivity index (χ0) is 24.7. The normalized spacial score (nSPS) is 16.8. The highest BCUT2D eigenvalue weighted by Gasteiger charge is 2.37. The van der Waals surface area contributed by atoms with E-state index in [1.807, 2.05) is 55.4 Å². The van der Waals surface area contributed by atoms with Gasteiger partial charge in [0.2, 0.25) is 11.7 Å². The Labute approximate surface area is 204 Å². The average Bonchev–Trinajstić information content (AvgIpc) is 3.30. The first-order valence-electron chi connectivity index (χ1n) is 11.5. The third kappa shape index (κ3) is 3.86. The predicted molar refractivity (Wildman–Crippen MR) is 134 cm³/mol. The third-order valence-corrected chi connectivity index (χ3v) is 6.51. The van der Waals surface area contributed by atoms with Crippen molar-refractivity contribution in [3.8, 4) is 28.6 Å². The number of nitrogens with zero attached hydrogens (tertiary/aromatic N) is 4. The van der Waals surface area contributed by atoms with Gasteiger partial charge in [0.15, 0.2) is 23.1 Å². The molecule has 2 aromatic carbocycles. The van der Waals surface area contributed by atoms with Crippen molar-refractivity contribution in [3.63, 3.8) is 0 Å². The molecule has 1 aliphatic heterocycles. The van der Waals surface area contributed by atoms with E-state index in [0.717, 1.165) is 35.4 Å². The van der Waals surface area contributed by atoms with Gasteiger partial charge >= 0.3 is 0 Å². The topological polar surface area (TPSA) is 90.7 Å². The zero-order valence-electron chi connectivity index (χ0n) is 20.6. The summed E-state index contributed by atoms with van der Waals surface area (Å²) in [5, 5.41) is 8.24. The molecule has 3 aromatic rings. The molecule has 9 heteroatoms. The van der Waals surface area contributed by atoms with Crippen LogP contribution in [0.1, 0.15) is 30.9 Å². The van der Waals surface area contributed by atoms with Crippen LogP contribution in [0.2, 0.25) is 0 Å². The maximum absolute atomic E-state index is 13.2. The third-order valence-electron chi connectivity index (χ3n) is 6.51. The lowest BCUT2D eigenvalue weighted by Crippen LogP contribution is -2.31. The summed E-state index contributed by atoms with van der Waals surface area (Å²) in [6.45, 7) is 0. The highest BCUT2D eigenvalue weighted by molar-refractivity contribution is 5.99. The number of hydrogen-bond acceptors (Lipinski definition) is 8. The largest absolute Gasteiger partial charge is 0.493 e. The Balaban J connectivity index is 1.67. The van der Waals surface area contributed by atoms with Crippen LogP contribution in [0.25, 0.3) is 11.4 Å². The van der Waals surface area contributed by atoms with Crippen LogP contribution in [0, 0.1) is 0 Å². The number of nitrogens with one attached hydrogen (secondary N) is 1. The second kappa shape index (κ2) is 8.98. The van der Waals surface area contributed by atoms with Gasteiger partial charge in [-0.25, -0.2) is 4.68 Å². The lowest BCUT2D eigenvalue weighted by atomic mass is 9.85. The Morgan fingerprint density at radius 2 is 1.69 bits per heavy atom. The molecule has 0 saturated carbocycles. The van der Waals surface area contributed by atoms with Gasteiger partial charge in [0.25, 0.3) is 0 Å². The van der Waals surface area contributed by atoms with E-state index in [-0.39, 0.29) is 5.78 Å². The number of carbonyl (C=O) groups is 1. The molecule has 1 atom stereocenters. The minimum absolute atomic E-state index is 0.107. The van der Waals surface area contributed by atoms with Gasteiger partial charge in [0.1, 0.15) is 6.04 Å². The van der Waals surface area contributed by atoms with Crippen molar-refractivity contribution in [1.82, 2.24) is 14.8 Å². The van der Waals surface area contributed by atoms with Crippen LogP contribution in [0.3, 0.4) is 0 Å². The van der Waals surface area contributed by atoms with E-state index in [2.05, 4.69) is 5.32 Å². The predicted octanol–water partition coefficient (Wildman–Crippen LogP) is 4.06. The molecule has 0 fully saturated rings. The zero-order valence-corrected chi connectivity index (χ0v) is 20.6. The summed E-state index contributed by atoms with van der Waals surface area (Å²) in [6, 6.07) is 11.4. The summed E-state index contributed by atoms with van der Waals surface area (Å²) in [6.07, 6.45) is 2.09. The lowest BCUT2D eigenvalue weighted by Gasteiger charge is -2.32. The quantitative estimate of drug-likeness (QED) is 0.571. The second-order valence-electron chi connectivity index (χ2n) is 8.80. The number of fused-ring (bicyclic) bond motifs is 1. The summed E-state index contributed by atoms with van der Waals surface area (Å²) in [5.74, 6) is 2.83. The number of Topliss-reactive ketones (excluding diaryl/α,β-unsaturated/α-hetero) is 1. The van der Waals surface area contributed by atoms with Gasteiger partial charge in [-0.2, -0.15) is 4.98 Å². The summed E-state index contributed by atoms with van der Waals surface area (Å²) in [4.78, 5) is 20.0. The van der Waals surface area contributed by atoms with Crippen molar-refractivity contribution in [2.45, 2.75) is 25.3 Å². The number of rotatable bonds is 6. The van der Waals surface area contributed by atoms with Crippen LogP contribution in [0.4, 0.5) is 11.6 Å². The second-order valence-corrected chi connectivity index (χ2v) is 8.80. The van der Waals surface area contributed by atoms with E-state index >= 15 is 0 Å². The maximum Gasteiger partial charge on any atom is 0.226 e. The molecular formula is C26H29N5O4. The van der Waals surface area contributed by atoms with Gasteiger partial charge in [-0.1, -0.05) is 0 Å². The van der Waals surface area contributed by atoms with Crippen LogP contribution in [0.15, 0.2) is 47.7 Å². The Bertz CT molecular complexity index is 1280. The van der Waals surface area contributed by atoms with Gasteiger partial charge in [-0.3, -0.25) is 4.79 Å². The first-order valence-corrected chi connectivity index (χ1v) is 11.5. The van der Waals surface area contributed by atoms with Crippen LogP contribution < -0.4 is 24.4 Å². The molecule has 35 heavy (non-hydrogen) atoms. The van der Waals surface area contributed by atoms with E-state index < -0.39 is 6.04 Å². The van der Waals surface area contributed by atoms with Crippen molar-refractivity contribution >= 4 is 17.4 Å². The van der Waals surface area contributed by atoms with Crippen molar-refractivity contribution in [1.29, 1.82) is 0 Å². The average molecular weight is 476 g/mol. The molecule has 9 nitrogen and oxygen atoms in total. The van der Waals surface area contributed by atoms with E-state index in [1.54, 1.807) is 26.0 Å². The number of carbonyl (C=O) groups excluding carboxylic acids is 1. The molecule has 1 aliphatic carbocycles. The van der Waals surface area contributed by atoms with Gasteiger partial charge in [0, 0.05) is 43.0 Å². The number of hydrogen-bond donors (Lipinski definition) is 1. The maximum atomic E-state index is 13.2. The summed E-state index contributed by atoms with van der Waals surface area (Å²) >= 11 is 0. The van der Waals surface area contributed by atoms with Gasteiger partial charge in [0.05, 0.1) is 21.3 Å². The minimum Gasteiger partial charge on any atom is -0.493 e. The highest BCUT2D eigenvalue weighted by atomic mass is 16.5. The standard InChI is InChI=1S/C26H29N5O4/c1-30(2)17-11-9-15(10-12-17)25-28-26-27-18-7-6-8-19(32)22(18)23(31(26)29-25)16-13-20(33-3)24(35-5)21(14-16)34-4/h9-14,23H,6-8H2,1-5H3,(H,27,28,29). The van der Waals surface area contributed by atoms with Gasteiger partial charge in [-0.05, 0) is 54.8 Å². The fraction of sp³-hybridized carbons (Fsp3) is 0.346. The van der Waals surface area contributed by atoms with Crippen molar-refractivity contribution in [3.05, 3.63) is 53.2 Å². The van der Waals surface area contributed by atoms with Gasteiger partial charge in [-0.15, -0.1) is 5.10 Å². The molecule has 0 amide bonds. The van der Waals surface area contributed by atoms with Crippen LogP contribution in [0.5, 0.6) is 17.2 Å². The number of anilines is 2. The number of aromatic nitrogens is 3. The summed E-state index contributed by atoms with van der Waals surface area (Å²) < 4.78 is 18.5. The number of ketones is 1. The molecular weight excluding hydrogens is 446 g/mol. The van der Waals surface area contributed by atoms with E-state index in [1.165, 1.54) is 0 Å². The van der Waals surface area contributed by atoms with E-state index in [9.17, 15) is 4.79 Å². The number of allylic oxidation sites excluding steroid dienone is 2. The van der Waals surface area contributed by atoms with E-state index in [4.69, 9.17) is 24.3 Å². The fourth-order valence-electron chi connectivity index (χ4n) is 4.75. The molecule has 0 bridgehead atoms. The molecule has 0 radical (unpaired) electrons. The monoisotopic (exact) mass is 475 g/mol. The number of ether oxygens (including phenoxy) is 3. The van der Waals surface area contributed by atoms with Crippen LogP contribution in [-0.4, -0.2) is 56.0 Å². The number of benzene rings is 2.